The monoisotopic (exact) mass is 312 g/mol. The van der Waals surface area contributed by atoms with Gasteiger partial charge in [-0.15, -0.1) is 0 Å². The van der Waals surface area contributed by atoms with Crippen molar-refractivity contribution in [2.45, 2.75) is 45.8 Å². The SMILES string of the molecule is CCN(CC)CCCC(C)NCC(C(N)=NO)C(F)(F)F. The number of alkyl halides is 3. The van der Waals surface area contributed by atoms with Crippen LogP contribution in [0.25, 0.3) is 0 Å². The van der Waals surface area contributed by atoms with Gasteiger partial charge in [-0.1, -0.05) is 19.0 Å². The molecule has 0 rings (SSSR count). The van der Waals surface area contributed by atoms with Gasteiger partial charge in [-0.2, -0.15) is 13.2 Å². The van der Waals surface area contributed by atoms with Gasteiger partial charge in [0.05, 0.1) is 0 Å². The van der Waals surface area contributed by atoms with Crippen molar-refractivity contribution in [2.24, 2.45) is 16.8 Å². The van der Waals surface area contributed by atoms with Crippen molar-refractivity contribution in [3.05, 3.63) is 0 Å². The molecule has 21 heavy (non-hydrogen) atoms. The van der Waals surface area contributed by atoms with Gasteiger partial charge in [0.25, 0.3) is 0 Å². The van der Waals surface area contributed by atoms with E-state index in [9.17, 15) is 13.2 Å². The van der Waals surface area contributed by atoms with Gasteiger partial charge in [0.2, 0.25) is 0 Å². The second kappa shape index (κ2) is 9.83. The highest BCUT2D eigenvalue weighted by molar-refractivity contribution is 5.83. The standard InChI is InChI=1S/C13H27F3N4O/c1-4-20(5-2)8-6-7-10(3)18-9-11(12(17)19-21)13(14,15)16/h10-11,18,21H,4-9H2,1-3H3,(H2,17,19). The number of hydrogen-bond acceptors (Lipinski definition) is 4. The van der Waals surface area contributed by atoms with Crippen molar-refractivity contribution in [1.29, 1.82) is 0 Å². The summed E-state index contributed by atoms with van der Waals surface area (Å²) in [6.45, 7) is 8.48. The molecule has 0 aliphatic rings. The molecular weight excluding hydrogens is 285 g/mol. The molecule has 0 aromatic rings. The molecule has 0 aromatic carbocycles. The van der Waals surface area contributed by atoms with Gasteiger partial charge in [-0.25, -0.2) is 0 Å². The van der Waals surface area contributed by atoms with Crippen LogP contribution in [0.15, 0.2) is 5.16 Å². The second-order valence-electron chi connectivity index (χ2n) is 5.10. The summed E-state index contributed by atoms with van der Waals surface area (Å²) in [5, 5.41) is 13.7. The van der Waals surface area contributed by atoms with Crippen LogP contribution in [0.4, 0.5) is 13.2 Å². The largest absolute Gasteiger partial charge is 0.409 e. The number of rotatable bonds is 10. The first-order valence-corrected chi connectivity index (χ1v) is 7.26. The van der Waals surface area contributed by atoms with Gasteiger partial charge >= 0.3 is 6.18 Å². The summed E-state index contributed by atoms with van der Waals surface area (Å²) < 4.78 is 38.2. The summed E-state index contributed by atoms with van der Waals surface area (Å²) in [6.07, 6.45) is -2.84. The van der Waals surface area contributed by atoms with Gasteiger partial charge in [0, 0.05) is 12.6 Å². The molecule has 4 N–H and O–H groups in total. The van der Waals surface area contributed by atoms with E-state index in [1.165, 1.54) is 0 Å². The number of nitrogens with one attached hydrogen (secondary N) is 1. The predicted octanol–water partition coefficient (Wildman–Crippen LogP) is 2.01. The van der Waals surface area contributed by atoms with Gasteiger partial charge in [-0.3, -0.25) is 0 Å². The van der Waals surface area contributed by atoms with Crippen LogP contribution in [-0.4, -0.2) is 54.3 Å². The fraction of sp³-hybridized carbons (Fsp3) is 0.923. The Kier molecular flexibility index (Phi) is 9.36. The van der Waals surface area contributed by atoms with Gasteiger partial charge in [-0.05, 0) is 39.4 Å². The normalized spacial score (nSPS) is 16.2. The number of nitrogens with two attached hydrogens (primary N) is 1. The molecule has 0 spiro atoms. The first-order chi connectivity index (χ1) is 9.76. The van der Waals surface area contributed by atoms with Crippen molar-refractivity contribution in [2.75, 3.05) is 26.2 Å². The lowest BCUT2D eigenvalue weighted by atomic mass is 10.1. The zero-order chi connectivity index (χ0) is 16.5. The molecule has 0 saturated heterocycles. The van der Waals surface area contributed by atoms with Crippen LogP contribution in [0.3, 0.4) is 0 Å². The Bertz CT molecular complexity index is 306. The molecule has 2 unspecified atom stereocenters. The Labute approximate surface area is 124 Å². The summed E-state index contributed by atoms with van der Waals surface area (Å²) in [6, 6.07) is -0.0584. The highest BCUT2D eigenvalue weighted by Gasteiger charge is 2.42. The van der Waals surface area contributed by atoms with E-state index in [1.807, 2.05) is 6.92 Å². The van der Waals surface area contributed by atoms with E-state index in [-0.39, 0.29) is 12.6 Å². The molecule has 0 aliphatic carbocycles. The minimum absolute atomic E-state index is 0.0584. The van der Waals surface area contributed by atoms with Crippen molar-refractivity contribution in [3.63, 3.8) is 0 Å². The second-order valence-corrected chi connectivity index (χ2v) is 5.10. The average Bonchev–Trinajstić information content (AvgIpc) is 2.42. The van der Waals surface area contributed by atoms with Crippen molar-refractivity contribution in [1.82, 2.24) is 10.2 Å². The number of halogens is 3. The molecule has 126 valence electrons. The Morgan fingerprint density at radius 3 is 2.33 bits per heavy atom. The fourth-order valence-corrected chi connectivity index (χ4v) is 2.04. The number of oxime groups is 1. The first-order valence-electron chi connectivity index (χ1n) is 7.26. The Morgan fingerprint density at radius 1 is 1.33 bits per heavy atom. The smallest absolute Gasteiger partial charge is 0.400 e. The Hall–Kier alpha value is -1.02. The molecule has 0 radical (unpaired) electrons. The lowest BCUT2D eigenvalue weighted by Crippen LogP contribution is -2.45. The molecule has 0 amide bonds. The lowest BCUT2D eigenvalue weighted by molar-refractivity contribution is -0.155. The lowest BCUT2D eigenvalue weighted by Gasteiger charge is -2.23. The van der Waals surface area contributed by atoms with E-state index in [0.29, 0.717) is 0 Å². The van der Waals surface area contributed by atoms with Crippen molar-refractivity contribution < 1.29 is 18.4 Å². The van der Waals surface area contributed by atoms with Crippen LogP contribution in [0.1, 0.15) is 33.6 Å². The van der Waals surface area contributed by atoms with Crippen molar-refractivity contribution >= 4 is 5.84 Å². The zero-order valence-corrected chi connectivity index (χ0v) is 13.0. The van der Waals surface area contributed by atoms with E-state index >= 15 is 0 Å². The number of amidine groups is 1. The molecular formula is C13H27F3N4O. The summed E-state index contributed by atoms with van der Waals surface area (Å²) in [5.41, 5.74) is 5.10. The third kappa shape index (κ3) is 8.11. The van der Waals surface area contributed by atoms with Gasteiger partial charge in [0.15, 0.2) is 5.84 Å². The third-order valence-electron chi connectivity index (χ3n) is 3.54. The summed E-state index contributed by atoms with van der Waals surface area (Å²) in [4.78, 5) is 2.27. The number of hydrogen-bond donors (Lipinski definition) is 3. The van der Waals surface area contributed by atoms with Crippen LogP contribution in [0.2, 0.25) is 0 Å². The Balaban J connectivity index is 4.18. The van der Waals surface area contributed by atoms with E-state index in [4.69, 9.17) is 10.9 Å². The minimum atomic E-state index is -4.52. The van der Waals surface area contributed by atoms with E-state index < -0.39 is 17.9 Å². The average molecular weight is 312 g/mol. The summed E-state index contributed by atoms with van der Waals surface area (Å²) >= 11 is 0. The van der Waals surface area contributed by atoms with Crippen LogP contribution in [0, 0.1) is 5.92 Å². The van der Waals surface area contributed by atoms with Crippen LogP contribution < -0.4 is 11.1 Å². The minimum Gasteiger partial charge on any atom is -0.409 e. The maximum Gasteiger partial charge on any atom is 0.400 e. The molecule has 5 nitrogen and oxygen atoms in total. The van der Waals surface area contributed by atoms with E-state index in [0.717, 1.165) is 32.5 Å². The van der Waals surface area contributed by atoms with Crippen LogP contribution in [-0.2, 0) is 0 Å². The molecule has 2 atom stereocenters. The van der Waals surface area contributed by atoms with Crippen LogP contribution >= 0.6 is 0 Å². The topological polar surface area (TPSA) is 73.9 Å². The summed E-state index contributed by atoms with van der Waals surface area (Å²) in [7, 11) is 0. The van der Waals surface area contributed by atoms with Gasteiger partial charge in [0.1, 0.15) is 5.92 Å². The third-order valence-corrected chi connectivity index (χ3v) is 3.54. The Morgan fingerprint density at radius 2 is 1.90 bits per heavy atom. The molecule has 0 bridgehead atoms. The molecule has 8 heteroatoms. The molecule has 0 fully saturated rings. The fourth-order valence-electron chi connectivity index (χ4n) is 2.04. The highest BCUT2D eigenvalue weighted by Crippen LogP contribution is 2.26. The maximum atomic E-state index is 12.7. The molecule has 0 aliphatic heterocycles. The molecule has 0 aromatic heterocycles. The van der Waals surface area contributed by atoms with E-state index in [1.54, 1.807) is 0 Å². The quantitative estimate of drug-likeness (QED) is 0.250. The van der Waals surface area contributed by atoms with Crippen molar-refractivity contribution in [3.8, 4) is 0 Å². The predicted molar refractivity (Wildman–Crippen MR) is 77.4 cm³/mol. The zero-order valence-electron chi connectivity index (χ0n) is 13.0. The van der Waals surface area contributed by atoms with E-state index in [2.05, 4.69) is 29.2 Å². The summed E-state index contributed by atoms with van der Waals surface area (Å²) in [5.74, 6) is -2.78. The maximum absolute atomic E-state index is 12.7. The molecule has 0 saturated carbocycles. The highest BCUT2D eigenvalue weighted by atomic mass is 19.4. The number of nitrogens with zero attached hydrogens (tertiary/aromatic N) is 2. The first kappa shape index (κ1) is 20.0. The van der Waals surface area contributed by atoms with Crippen LogP contribution in [0.5, 0.6) is 0 Å². The molecule has 0 heterocycles. The van der Waals surface area contributed by atoms with Gasteiger partial charge < -0.3 is 21.2 Å².